The average molecular weight is 240 g/mol. The average Bonchev–Trinajstić information content (AvgIpc) is 2.76. The summed E-state index contributed by atoms with van der Waals surface area (Å²) < 4.78 is 5.10. The van der Waals surface area contributed by atoms with Crippen LogP contribution in [0.3, 0.4) is 0 Å². The molecule has 0 saturated carbocycles. The Balaban J connectivity index is 1.90. The van der Waals surface area contributed by atoms with Crippen LogP contribution in [0.25, 0.3) is 0 Å². The molecule has 3 heteroatoms. The van der Waals surface area contributed by atoms with Crippen molar-refractivity contribution in [3.8, 4) is 0 Å². The summed E-state index contributed by atoms with van der Waals surface area (Å²) in [6.45, 7) is 4.19. The molecule has 2 nitrogen and oxygen atoms in total. The minimum Gasteiger partial charge on any atom is -0.383 e. The summed E-state index contributed by atoms with van der Waals surface area (Å²) in [5.74, 6) is 0.661. The third-order valence-corrected chi connectivity index (χ3v) is 3.48. The second-order valence-corrected chi connectivity index (χ2v) is 4.77. The molecule has 1 saturated heterocycles. The standard InChI is InChI=1S/C13H18ClNO/c1-16-9-8-15-7-6-12(10-15)11-2-4-13(14)5-3-11/h2-5,12H,6-10H2,1H3. The van der Waals surface area contributed by atoms with E-state index in [0.717, 1.165) is 24.7 Å². The summed E-state index contributed by atoms with van der Waals surface area (Å²) in [6.07, 6.45) is 1.24. The van der Waals surface area contributed by atoms with Crippen molar-refractivity contribution < 1.29 is 4.74 Å². The Labute approximate surface area is 102 Å². The summed E-state index contributed by atoms with van der Waals surface area (Å²) in [5, 5.41) is 0.818. The van der Waals surface area contributed by atoms with Crippen LogP contribution in [0, 0.1) is 0 Å². The quantitative estimate of drug-likeness (QED) is 0.801. The maximum absolute atomic E-state index is 5.89. The van der Waals surface area contributed by atoms with E-state index in [1.54, 1.807) is 7.11 Å². The minimum atomic E-state index is 0.661. The lowest BCUT2D eigenvalue weighted by Crippen LogP contribution is -2.24. The number of benzene rings is 1. The number of likely N-dealkylation sites (tertiary alicyclic amines) is 1. The van der Waals surface area contributed by atoms with Crippen LogP contribution in [0.2, 0.25) is 5.02 Å². The third kappa shape index (κ3) is 2.97. The van der Waals surface area contributed by atoms with Crippen LogP contribution in [0.5, 0.6) is 0 Å². The molecule has 0 amide bonds. The van der Waals surface area contributed by atoms with Gasteiger partial charge in [-0.25, -0.2) is 0 Å². The SMILES string of the molecule is COCCN1CCC(c2ccc(Cl)cc2)C1. The number of hydrogen-bond acceptors (Lipinski definition) is 2. The second kappa shape index (κ2) is 5.67. The first-order valence-electron chi connectivity index (χ1n) is 5.76. The number of ether oxygens (including phenoxy) is 1. The van der Waals surface area contributed by atoms with Crippen molar-refractivity contribution in [3.63, 3.8) is 0 Å². The molecule has 1 aromatic rings. The fourth-order valence-electron chi connectivity index (χ4n) is 2.26. The van der Waals surface area contributed by atoms with Crippen LogP contribution in [0.1, 0.15) is 17.9 Å². The highest BCUT2D eigenvalue weighted by Gasteiger charge is 2.23. The molecular weight excluding hydrogens is 222 g/mol. The molecular formula is C13H18ClNO. The number of nitrogens with zero attached hydrogens (tertiary/aromatic N) is 1. The van der Waals surface area contributed by atoms with Crippen molar-refractivity contribution in [1.82, 2.24) is 4.90 Å². The van der Waals surface area contributed by atoms with Crippen molar-refractivity contribution in [1.29, 1.82) is 0 Å². The number of methoxy groups -OCH3 is 1. The summed E-state index contributed by atoms with van der Waals surface area (Å²) >= 11 is 5.89. The lowest BCUT2D eigenvalue weighted by Gasteiger charge is -2.15. The van der Waals surface area contributed by atoms with Crippen molar-refractivity contribution in [2.45, 2.75) is 12.3 Å². The molecule has 1 fully saturated rings. The maximum atomic E-state index is 5.89. The van der Waals surface area contributed by atoms with Crippen molar-refractivity contribution >= 4 is 11.6 Å². The Morgan fingerprint density at radius 1 is 1.38 bits per heavy atom. The summed E-state index contributed by atoms with van der Waals surface area (Å²) in [5.41, 5.74) is 1.41. The van der Waals surface area contributed by atoms with Gasteiger partial charge in [-0.2, -0.15) is 0 Å². The predicted molar refractivity (Wildman–Crippen MR) is 67.1 cm³/mol. The molecule has 0 spiro atoms. The van der Waals surface area contributed by atoms with Gasteiger partial charge in [0.05, 0.1) is 6.61 Å². The predicted octanol–water partition coefficient (Wildman–Crippen LogP) is 2.78. The van der Waals surface area contributed by atoms with Crippen molar-refractivity contribution in [3.05, 3.63) is 34.9 Å². The third-order valence-electron chi connectivity index (χ3n) is 3.23. The summed E-state index contributed by atoms with van der Waals surface area (Å²) in [7, 11) is 1.76. The molecule has 1 heterocycles. The van der Waals surface area contributed by atoms with Crippen LogP contribution in [0.15, 0.2) is 24.3 Å². The topological polar surface area (TPSA) is 12.5 Å². The van der Waals surface area contributed by atoms with Gasteiger partial charge >= 0.3 is 0 Å². The number of rotatable bonds is 4. The van der Waals surface area contributed by atoms with Crippen LogP contribution in [-0.4, -0.2) is 38.3 Å². The van der Waals surface area contributed by atoms with Gasteiger partial charge in [0, 0.05) is 25.2 Å². The first kappa shape index (κ1) is 11.9. The molecule has 0 aliphatic carbocycles. The molecule has 0 N–H and O–H groups in total. The largest absolute Gasteiger partial charge is 0.383 e. The van der Waals surface area contributed by atoms with Crippen LogP contribution < -0.4 is 0 Å². The summed E-state index contributed by atoms with van der Waals surface area (Å²) in [6, 6.07) is 8.25. The minimum absolute atomic E-state index is 0.661. The molecule has 0 bridgehead atoms. The van der Waals surface area contributed by atoms with E-state index < -0.39 is 0 Å². The molecule has 1 aliphatic heterocycles. The smallest absolute Gasteiger partial charge is 0.0589 e. The summed E-state index contributed by atoms with van der Waals surface area (Å²) in [4.78, 5) is 2.46. The highest BCUT2D eigenvalue weighted by atomic mass is 35.5. The zero-order valence-electron chi connectivity index (χ0n) is 9.66. The zero-order chi connectivity index (χ0) is 11.4. The molecule has 1 aromatic carbocycles. The Morgan fingerprint density at radius 3 is 2.81 bits per heavy atom. The Kier molecular flexibility index (Phi) is 4.22. The molecule has 0 aromatic heterocycles. The van der Waals surface area contributed by atoms with Gasteiger partial charge in [0.15, 0.2) is 0 Å². The van der Waals surface area contributed by atoms with Gasteiger partial charge in [0.1, 0.15) is 0 Å². The van der Waals surface area contributed by atoms with Gasteiger partial charge in [-0.15, -0.1) is 0 Å². The zero-order valence-corrected chi connectivity index (χ0v) is 10.4. The van der Waals surface area contributed by atoms with Crippen molar-refractivity contribution in [2.24, 2.45) is 0 Å². The van der Waals surface area contributed by atoms with Gasteiger partial charge < -0.3 is 9.64 Å². The maximum Gasteiger partial charge on any atom is 0.0589 e. The van der Waals surface area contributed by atoms with E-state index >= 15 is 0 Å². The first-order chi connectivity index (χ1) is 7.79. The van der Waals surface area contributed by atoms with Crippen LogP contribution in [-0.2, 0) is 4.74 Å². The molecule has 16 heavy (non-hydrogen) atoms. The first-order valence-corrected chi connectivity index (χ1v) is 6.14. The molecule has 2 rings (SSSR count). The number of hydrogen-bond donors (Lipinski definition) is 0. The second-order valence-electron chi connectivity index (χ2n) is 4.33. The van der Waals surface area contributed by atoms with Gasteiger partial charge in [0.2, 0.25) is 0 Å². The van der Waals surface area contributed by atoms with E-state index in [2.05, 4.69) is 17.0 Å². The Morgan fingerprint density at radius 2 is 2.12 bits per heavy atom. The van der Waals surface area contributed by atoms with Gasteiger partial charge in [-0.3, -0.25) is 0 Å². The van der Waals surface area contributed by atoms with Gasteiger partial charge in [-0.05, 0) is 36.6 Å². The molecule has 1 atom stereocenters. The molecule has 0 radical (unpaired) electrons. The van der Waals surface area contributed by atoms with Crippen LogP contribution >= 0.6 is 11.6 Å². The van der Waals surface area contributed by atoms with E-state index in [-0.39, 0.29) is 0 Å². The molecule has 1 aliphatic rings. The normalized spacial score (nSPS) is 21.5. The van der Waals surface area contributed by atoms with Gasteiger partial charge in [-0.1, -0.05) is 23.7 Å². The Hall–Kier alpha value is -0.570. The fourth-order valence-corrected chi connectivity index (χ4v) is 2.39. The Bertz CT molecular complexity index is 325. The van der Waals surface area contributed by atoms with E-state index in [1.165, 1.54) is 18.5 Å². The highest BCUT2D eigenvalue weighted by Crippen LogP contribution is 2.27. The molecule has 88 valence electrons. The van der Waals surface area contributed by atoms with E-state index in [4.69, 9.17) is 16.3 Å². The highest BCUT2D eigenvalue weighted by molar-refractivity contribution is 6.30. The van der Waals surface area contributed by atoms with Crippen molar-refractivity contribution in [2.75, 3.05) is 33.4 Å². The van der Waals surface area contributed by atoms with E-state index in [1.807, 2.05) is 12.1 Å². The lowest BCUT2D eigenvalue weighted by atomic mass is 9.99. The lowest BCUT2D eigenvalue weighted by molar-refractivity contribution is 0.160. The number of halogens is 1. The fraction of sp³-hybridized carbons (Fsp3) is 0.538. The van der Waals surface area contributed by atoms with Crippen LogP contribution in [0.4, 0.5) is 0 Å². The van der Waals surface area contributed by atoms with E-state index in [9.17, 15) is 0 Å². The molecule has 1 unspecified atom stereocenters. The van der Waals surface area contributed by atoms with Gasteiger partial charge in [0.25, 0.3) is 0 Å². The van der Waals surface area contributed by atoms with E-state index in [0.29, 0.717) is 5.92 Å². The monoisotopic (exact) mass is 239 g/mol.